The number of nitrogens with zero attached hydrogens (tertiary/aromatic N) is 2. The van der Waals surface area contributed by atoms with Crippen molar-refractivity contribution >= 4 is 23.1 Å². The van der Waals surface area contributed by atoms with Gasteiger partial charge in [-0.05, 0) is 30.4 Å². The number of thiophene rings is 1. The van der Waals surface area contributed by atoms with Crippen molar-refractivity contribution in [2.75, 3.05) is 44.2 Å². The Bertz CT molecular complexity index is 796. The van der Waals surface area contributed by atoms with E-state index in [1.165, 1.54) is 17.7 Å². The largest absolute Gasteiger partial charge is 0.330 e. The van der Waals surface area contributed by atoms with Crippen LogP contribution in [0.4, 0.5) is 5.82 Å². The number of piperazine rings is 1. The molecule has 5 nitrogen and oxygen atoms in total. The first kappa shape index (κ1) is 17.2. The van der Waals surface area contributed by atoms with E-state index in [0.29, 0.717) is 18.5 Å². The van der Waals surface area contributed by atoms with Gasteiger partial charge in [0.25, 0.3) is 11.7 Å². The molecule has 3 aliphatic rings. The average Bonchev–Trinajstić information content (AvgIpc) is 3.44. The van der Waals surface area contributed by atoms with Gasteiger partial charge in [-0.3, -0.25) is 9.69 Å². The molecule has 1 saturated carbocycles. The number of amides is 1. The molecule has 1 unspecified atom stereocenters. The quantitative estimate of drug-likeness (QED) is 0.848. The van der Waals surface area contributed by atoms with Crippen molar-refractivity contribution in [1.82, 2.24) is 4.90 Å². The van der Waals surface area contributed by atoms with Crippen molar-refractivity contribution in [1.29, 1.82) is 0 Å². The van der Waals surface area contributed by atoms with Crippen LogP contribution in [0.5, 0.6) is 0 Å². The topological polar surface area (TPSA) is 42.1 Å². The molecular formula is C21H28N4OS+2. The number of rotatable bonds is 4. The minimum absolute atomic E-state index is 0.339. The molecule has 0 aromatic carbocycles. The van der Waals surface area contributed by atoms with E-state index in [1.807, 2.05) is 23.6 Å². The fourth-order valence-corrected chi connectivity index (χ4v) is 5.71. The number of carbonyl (C=O) groups excluding carboxylic acids is 1. The maximum Gasteiger partial charge on any atom is 0.278 e. The summed E-state index contributed by atoms with van der Waals surface area (Å²) in [5.41, 5.74) is 1.54. The zero-order valence-electron chi connectivity index (χ0n) is 15.7. The predicted molar refractivity (Wildman–Crippen MR) is 106 cm³/mol. The second kappa shape index (κ2) is 7.24. The van der Waals surface area contributed by atoms with E-state index in [1.54, 1.807) is 10.4 Å². The normalized spacial score (nSPS) is 25.3. The van der Waals surface area contributed by atoms with Crippen LogP contribution in [0.3, 0.4) is 0 Å². The highest BCUT2D eigenvalue weighted by molar-refractivity contribution is 7.10. The molecule has 2 aromatic rings. The molecule has 6 heteroatoms. The monoisotopic (exact) mass is 384 g/mol. The van der Waals surface area contributed by atoms with Gasteiger partial charge in [-0.1, -0.05) is 6.07 Å². The first-order chi connectivity index (χ1) is 13.3. The Kier molecular flexibility index (Phi) is 4.61. The van der Waals surface area contributed by atoms with Crippen molar-refractivity contribution in [3.63, 3.8) is 0 Å². The highest BCUT2D eigenvalue weighted by atomic mass is 32.1. The maximum absolute atomic E-state index is 13.0. The van der Waals surface area contributed by atoms with E-state index < -0.39 is 0 Å². The number of aromatic nitrogens is 1. The van der Waals surface area contributed by atoms with Crippen LogP contribution in [0.25, 0.3) is 0 Å². The number of pyridine rings is 1. The molecule has 1 saturated heterocycles. The third-order valence-electron chi connectivity index (χ3n) is 6.37. The minimum Gasteiger partial charge on any atom is -0.330 e. The van der Waals surface area contributed by atoms with Crippen LogP contribution in [-0.2, 0) is 11.2 Å². The number of carbonyl (C=O) groups is 1. The van der Waals surface area contributed by atoms with E-state index in [4.69, 9.17) is 0 Å². The van der Waals surface area contributed by atoms with Gasteiger partial charge in [0.2, 0.25) is 0 Å². The second-order valence-electron chi connectivity index (χ2n) is 8.06. The van der Waals surface area contributed by atoms with E-state index >= 15 is 0 Å². The third-order valence-corrected chi connectivity index (χ3v) is 7.36. The molecule has 5 rings (SSSR count). The van der Waals surface area contributed by atoms with Gasteiger partial charge in [-0.25, -0.2) is 4.98 Å². The lowest BCUT2D eigenvalue weighted by atomic mass is 9.96. The summed E-state index contributed by atoms with van der Waals surface area (Å²) in [4.78, 5) is 23.8. The molecule has 2 aromatic heterocycles. The van der Waals surface area contributed by atoms with E-state index in [9.17, 15) is 4.79 Å². The summed E-state index contributed by atoms with van der Waals surface area (Å²) in [5.74, 6) is 2.28. The molecule has 2 fully saturated rings. The van der Waals surface area contributed by atoms with Gasteiger partial charge < -0.3 is 9.80 Å². The van der Waals surface area contributed by atoms with Crippen molar-refractivity contribution in [3.8, 4) is 0 Å². The number of H-pyrrole nitrogens is 1. The summed E-state index contributed by atoms with van der Waals surface area (Å²) in [6, 6.07) is 9.04. The Morgan fingerprint density at radius 1 is 1.19 bits per heavy atom. The van der Waals surface area contributed by atoms with Crippen molar-refractivity contribution in [2.45, 2.75) is 25.3 Å². The summed E-state index contributed by atoms with van der Waals surface area (Å²) in [5, 5.41) is 2.24. The molecule has 0 bridgehead atoms. The molecule has 2 N–H and O–H groups in total. The molecule has 1 amide bonds. The van der Waals surface area contributed by atoms with Gasteiger partial charge >= 0.3 is 0 Å². The molecule has 0 radical (unpaired) electrons. The molecule has 4 heterocycles. The van der Waals surface area contributed by atoms with Crippen LogP contribution in [0, 0.1) is 5.92 Å². The van der Waals surface area contributed by atoms with Crippen LogP contribution in [0.2, 0.25) is 0 Å². The molecule has 27 heavy (non-hydrogen) atoms. The lowest BCUT2D eigenvalue weighted by Gasteiger charge is -2.35. The Balaban J connectivity index is 1.21. The van der Waals surface area contributed by atoms with Gasteiger partial charge in [0.1, 0.15) is 19.1 Å². The lowest BCUT2D eigenvalue weighted by Crippen LogP contribution is -3.14. The molecule has 142 valence electrons. The summed E-state index contributed by atoms with van der Waals surface area (Å²) < 4.78 is 0. The molecule has 2 atom stereocenters. The molecule has 0 spiro atoms. The summed E-state index contributed by atoms with van der Waals surface area (Å²) in [7, 11) is 0. The van der Waals surface area contributed by atoms with Crippen LogP contribution in [0.15, 0.2) is 35.8 Å². The average molecular weight is 385 g/mol. The SMILES string of the molecule is O=C(C[NH+]1CCc2sccc2[C@H]1C1CC1)N1CCN(c2cccc[nH+]2)CC1. The fraction of sp³-hybridized carbons (Fsp3) is 0.524. The molecule has 2 aliphatic heterocycles. The number of hydrogen-bond donors (Lipinski definition) is 1. The maximum atomic E-state index is 13.0. The zero-order valence-corrected chi connectivity index (χ0v) is 16.5. The van der Waals surface area contributed by atoms with Gasteiger partial charge in [0, 0.05) is 28.8 Å². The Hall–Kier alpha value is -1.92. The smallest absolute Gasteiger partial charge is 0.278 e. The van der Waals surface area contributed by atoms with E-state index in [0.717, 1.165) is 50.9 Å². The van der Waals surface area contributed by atoms with Crippen LogP contribution in [-0.4, -0.2) is 50.1 Å². The lowest BCUT2D eigenvalue weighted by molar-refractivity contribution is -0.929. The minimum atomic E-state index is 0.339. The van der Waals surface area contributed by atoms with Gasteiger partial charge in [0.05, 0.1) is 25.8 Å². The second-order valence-corrected chi connectivity index (χ2v) is 9.07. The van der Waals surface area contributed by atoms with E-state index in [-0.39, 0.29) is 0 Å². The Labute approximate surface area is 164 Å². The highest BCUT2D eigenvalue weighted by Crippen LogP contribution is 2.42. The van der Waals surface area contributed by atoms with Crippen LogP contribution < -0.4 is 14.8 Å². The van der Waals surface area contributed by atoms with Gasteiger partial charge in [-0.2, -0.15) is 0 Å². The summed E-state index contributed by atoms with van der Waals surface area (Å²) in [6.45, 7) is 5.23. The number of quaternary nitrogens is 1. The highest BCUT2D eigenvalue weighted by Gasteiger charge is 2.44. The Morgan fingerprint density at radius 2 is 2.04 bits per heavy atom. The molecule has 1 aliphatic carbocycles. The number of hydrogen-bond acceptors (Lipinski definition) is 3. The van der Waals surface area contributed by atoms with Gasteiger partial charge in [-0.15, -0.1) is 11.3 Å². The fourth-order valence-electron chi connectivity index (χ4n) is 4.78. The predicted octanol–water partition coefficient (Wildman–Crippen LogP) is 0.803. The molecular weight excluding hydrogens is 356 g/mol. The number of anilines is 1. The Morgan fingerprint density at radius 3 is 2.78 bits per heavy atom. The number of nitrogens with one attached hydrogen (secondary N) is 2. The van der Waals surface area contributed by atoms with Crippen molar-refractivity contribution in [3.05, 3.63) is 46.3 Å². The third kappa shape index (κ3) is 3.48. The first-order valence-corrected chi connectivity index (χ1v) is 11.1. The van der Waals surface area contributed by atoms with Crippen LogP contribution >= 0.6 is 11.3 Å². The van der Waals surface area contributed by atoms with Gasteiger partial charge in [0.15, 0.2) is 6.54 Å². The van der Waals surface area contributed by atoms with Crippen LogP contribution in [0.1, 0.15) is 29.3 Å². The first-order valence-electron chi connectivity index (χ1n) is 10.2. The van der Waals surface area contributed by atoms with Crippen molar-refractivity contribution in [2.24, 2.45) is 5.92 Å². The summed E-state index contributed by atoms with van der Waals surface area (Å²) in [6.07, 6.45) is 5.77. The summed E-state index contributed by atoms with van der Waals surface area (Å²) >= 11 is 1.90. The standard InChI is InChI=1S/C21H26N4OS/c26-20(24-12-10-23(11-13-24)19-3-1-2-8-22-19)15-25-9-6-18-17(7-14-27-18)21(25)16-4-5-16/h1-3,7-8,14,16,21H,4-6,9-13,15H2/p+2/t21-/m1/s1. The van der Waals surface area contributed by atoms with E-state index in [2.05, 4.69) is 38.4 Å². The number of fused-ring (bicyclic) bond motifs is 1. The van der Waals surface area contributed by atoms with Crippen molar-refractivity contribution < 1.29 is 14.7 Å². The zero-order chi connectivity index (χ0) is 18.2. The number of aromatic amines is 1.